The minimum Gasteiger partial charge on any atom is -0.454 e. The first-order valence-corrected chi connectivity index (χ1v) is 11.3. The number of aryl methyl sites for hydroxylation is 1. The van der Waals surface area contributed by atoms with Gasteiger partial charge in [0.25, 0.3) is 5.91 Å². The summed E-state index contributed by atoms with van der Waals surface area (Å²) < 4.78 is 10.8. The number of thioether (sulfide) groups is 1. The summed E-state index contributed by atoms with van der Waals surface area (Å²) in [4.78, 5) is 19.7. The van der Waals surface area contributed by atoms with Crippen LogP contribution in [0.3, 0.4) is 0 Å². The lowest BCUT2D eigenvalue weighted by Gasteiger charge is -2.18. The van der Waals surface area contributed by atoms with E-state index in [1.807, 2.05) is 61.5 Å². The third-order valence-corrected chi connectivity index (χ3v) is 6.28. The van der Waals surface area contributed by atoms with Crippen molar-refractivity contribution in [3.8, 4) is 17.6 Å². The molecule has 0 radical (unpaired) electrons. The van der Waals surface area contributed by atoms with Gasteiger partial charge in [-0.15, -0.1) is 0 Å². The summed E-state index contributed by atoms with van der Waals surface area (Å²) >= 11 is 1.48. The molecule has 0 N–H and O–H groups in total. The van der Waals surface area contributed by atoms with Gasteiger partial charge in [-0.3, -0.25) is 9.69 Å². The van der Waals surface area contributed by atoms with E-state index < -0.39 is 0 Å². The highest BCUT2D eigenvalue weighted by Gasteiger charge is 2.32. The van der Waals surface area contributed by atoms with Crippen LogP contribution in [-0.2, 0) is 10.5 Å². The van der Waals surface area contributed by atoms with Gasteiger partial charge in [0, 0.05) is 5.75 Å². The summed E-state index contributed by atoms with van der Waals surface area (Å²) in [5, 5.41) is 9.61. The molecular formula is C26H19N3O3S. The summed E-state index contributed by atoms with van der Waals surface area (Å²) in [6, 6.07) is 22.9. The van der Waals surface area contributed by atoms with E-state index in [0.29, 0.717) is 33.7 Å². The van der Waals surface area contributed by atoms with E-state index in [9.17, 15) is 4.79 Å². The number of nitriles is 1. The van der Waals surface area contributed by atoms with Crippen LogP contribution in [0.1, 0.15) is 22.3 Å². The van der Waals surface area contributed by atoms with Crippen molar-refractivity contribution in [3.63, 3.8) is 0 Å². The van der Waals surface area contributed by atoms with Crippen LogP contribution in [0.25, 0.3) is 6.08 Å². The van der Waals surface area contributed by atoms with Gasteiger partial charge in [-0.2, -0.15) is 5.26 Å². The molecule has 0 aliphatic carbocycles. The lowest BCUT2D eigenvalue weighted by molar-refractivity contribution is -0.113. The fourth-order valence-electron chi connectivity index (χ4n) is 3.50. The molecule has 0 saturated heterocycles. The van der Waals surface area contributed by atoms with E-state index in [0.717, 1.165) is 22.4 Å². The molecule has 2 aliphatic heterocycles. The Hall–Kier alpha value is -4.02. The minimum atomic E-state index is -0.182. The number of ether oxygens (including phenoxy) is 2. The molecule has 2 aliphatic rings. The first-order chi connectivity index (χ1) is 16.1. The van der Waals surface area contributed by atoms with Gasteiger partial charge in [0.1, 0.15) is 5.70 Å². The van der Waals surface area contributed by atoms with Crippen LogP contribution >= 0.6 is 11.8 Å². The molecule has 0 aromatic heterocycles. The number of nitrogens with zero attached hydrogens (tertiary/aromatic N) is 3. The SMILES string of the molecule is Cc1ccc(N2C(=O)/C(=C\c3ccc4c(c3)OCO4)N=C2SCc2ccc(C#N)cc2)cc1. The van der Waals surface area contributed by atoms with E-state index in [1.165, 1.54) is 11.8 Å². The molecule has 0 unspecified atom stereocenters. The highest BCUT2D eigenvalue weighted by atomic mass is 32.2. The number of amidine groups is 1. The quantitative estimate of drug-likeness (QED) is 0.503. The third-order valence-electron chi connectivity index (χ3n) is 5.27. The molecule has 33 heavy (non-hydrogen) atoms. The van der Waals surface area contributed by atoms with Crippen LogP contribution < -0.4 is 14.4 Å². The van der Waals surface area contributed by atoms with Gasteiger partial charge in [0.05, 0.1) is 17.3 Å². The molecule has 162 valence electrons. The summed E-state index contributed by atoms with van der Waals surface area (Å²) in [7, 11) is 0. The summed E-state index contributed by atoms with van der Waals surface area (Å²) in [6.45, 7) is 2.21. The number of hydrogen-bond donors (Lipinski definition) is 0. The van der Waals surface area contributed by atoms with Crippen molar-refractivity contribution in [2.24, 2.45) is 4.99 Å². The van der Waals surface area contributed by atoms with Gasteiger partial charge in [0.2, 0.25) is 6.79 Å². The first-order valence-electron chi connectivity index (χ1n) is 10.3. The molecule has 2 heterocycles. The second kappa shape index (κ2) is 8.85. The average Bonchev–Trinajstić information content (AvgIpc) is 3.43. The maximum atomic E-state index is 13.4. The van der Waals surface area contributed by atoms with E-state index in [1.54, 1.807) is 23.1 Å². The number of rotatable bonds is 4. The van der Waals surface area contributed by atoms with Gasteiger partial charge in [-0.25, -0.2) is 4.99 Å². The minimum absolute atomic E-state index is 0.182. The predicted octanol–water partition coefficient (Wildman–Crippen LogP) is 5.27. The van der Waals surface area contributed by atoms with Crippen molar-refractivity contribution < 1.29 is 14.3 Å². The number of carbonyl (C=O) groups excluding carboxylic acids is 1. The number of anilines is 1. The topological polar surface area (TPSA) is 74.9 Å². The highest BCUT2D eigenvalue weighted by molar-refractivity contribution is 8.13. The molecule has 0 fully saturated rings. The van der Waals surface area contributed by atoms with Crippen LogP contribution in [0.4, 0.5) is 5.69 Å². The molecule has 7 heteroatoms. The Morgan fingerprint density at radius 3 is 2.58 bits per heavy atom. The first kappa shape index (κ1) is 20.9. The number of fused-ring (bicyclic) bond motifs is 1. The molecule has 3 aromatic rings. The molecule has 5 rings (SSSR count). The number of carbonyl (C=O) groups is 1. The lowest BCUT2D eigenvalue weighted by atomic mass is 10.1. The molecule has 3 aromatic carbocycles. The van der Waals surface area contributed by atoms with Crippen LogP contribution in [0.5, 0.6) is 11.5 Å². The second-order valence-corrected chi connectivity index (χ2v) is 8.55. The molecule has 0 spiro atoms. The van der Waals surface area contributed by atoms with Crippen molar-refractivity contribution in [1.29, 1.82) is 5.26 Å². The second-order valence-electron chi connectivity index (χ2n) is 7.61. The smallest absolute Gasteiger partial charge is 0.283 e. The van der Waals surface area contributed by atoms with Crippen molar-refractivity contribution in [1.82, 2.24) is 0 Å². The molecule has 0 saturated carbocycles. The van der Waals surface area contributed by atoms with Crippen molar-refractivity contribution >= 4 is 34.6 Å². The highest BCUT2D eigenvalue weighted by Crippen LogP contribution is 2.35. The number of hydrogen-bond acceptors (Lipinski definition) is 6. The van der Waals surface area contributed by atoms with Gasteiger partial charge >= 0.3 is 0 Å². The standard InChI is InChI=1S/C26H19N3O3S/c1-17-2-9-21(10-3-17)29-25(30)22(12-20-8-11-23-24(13-20)32-16-31-23)28-26(29)33-15-19-6-4-18(14-27)5-7-19/h2-13H,15-16H2,1H3/b22-12+. The number of aliphatic imine (C=N–C) groups is 1. The fourth-order valence-corrected chi connectivity index (χ4v) is 4.47. The average molecular weight is 454 g/mol. The lowest BCUT2D eigenvalue weighted by Crippen LogP contribution is -2.30. The Morgan fingerprint density at radius 2 is 1.82 bits per heavy atom. The number of benzene rings is 3. The zero-order valence-electron chi connectivity index (χ0n) is 17.8. The van der Waals surface area contributed by atoms with Crippen molar-refractivity contribution in [2.75, 3.05) is 11.7 Å². The Labute approximate surface area is 195 Å². The van der Waals surface area contributed by atoms with E-state index in [2.05, 4.69) is 11.1 Å². The molecule has 0 atom stereocenters. The predicted molar refractivity (Wildman–Crippen MR) is 129 cm³/mol. The summed E-state index contributed by atoms with van der Waals surface area (Å²) in [5.74, 6) is 1.79. The molecule has 6 nitrogen and oxygen atoms in total. The van der Waals surface area contributed by atoms with Crippen LogP contribution in [-0.4, -0.2) is 17.9 Å². The Balaban J connectivity index is 1.45. The van der Waals surface area contributed by atoms with Gasteiger partial charge in [0.15, 0.2) is 16.7 Å². The number of amides is 1. The van der Waals surface area contributed by atoms with Crippen molar-refractivity contribution in [2.45, 2.75) is 12.7 Å². The van der Waals surface area contributed by atoms with Crippen LogP contribution in [0, 0.1) is 18.3 Å². The van der Waals surface area contributed by atoms with E-state index in [4.69, 9.17) is 14.7 Å². The molecular weight excluding hydrogens is 434 g/mol. The van der Waals surface area contributed by atoms with Gasteiger partial charge < -0.3 is 9.47 Å². The van der Waals surface area contributed by atoms with Crippen LogP contribution in [0.15, 0.2) is 77.4 Å². The van der Waals surface area contributed by atoms with E-state index in [-0.39, 0.29) is 12.7 Å². The third kappa shape index (κ3) is 4.34. The summed E-state index contributed by atoms with van der Waals surface area (Å²) in [5.41, 5.74) is 4.72. The van der Waals surface area contributed by atoms with Gasteiger partial charge in [-0.1, -0.05) is 47.7 Å². The van der Waals surface area contributed by atoms with Crippen molar-refractivity contribution in [3.05, 3.63) is 94.7 Å². The fraction of sp³-hybridized carbons (Fsp3) is 0.115. The van der Waals surface area contributed by atoms with E-state index >= 15 is 0 Å². The van der Waals surface area contributed by atoms with Crippen LogP contribution in [0.2, 0.25) is 0 Å². The largest absolute Gasteiger partial charge is 0.454 e. The summed E-state index contributed by atoms with van der Waals surface area (Å²) in [6.07, 6.45) is 1.76. The monoisotopic (exact) mass is 453 g/mol. The normalized spacial score (nSPS) is 15.6. The Morgan fingerprint density at radius 1 is 1.06 bits per heavy atom. The molecule has 1 amide bonds. The maximum Gasteiger partial charge on any atom is 0.283 e. The zero-order chi connectivity index (χ0) is 22.8. The maximum absolute atomic E-state index is 13.4. The zero-order valence-corrected chi connectivity index (χ0v) is 18.6. The van der Waals surface area contributed by atoms with Gasteiger partial charge in [-0.05, 0) is 60.5 Å². The molecule has 0 bridgehead atoms. The Bertz CT molecular complexity index is 1320. The Kier molecular flexibility index (Phi) is 5.59.